The first-order valence-electron chi connectivity index (χ1n) is 20.0. The zero-order valence-corrected chi connectivity index (χ0v) is 34.4. The number of esters is 1. The van der Waals surface area contributed by atoms with Crippen LogP contribution in [0.5, 0.6) is 40.2 Å². The highest BCUT2D eigenvalue weighted by Crippen LogP contribution is 2.64. The van der Waals surface area contributed by atoms with Gasteiger partial charge in [-0.3, -0.25) is 15.1 Å². The predicted molar refractivity (Wildman–Crippen MR) is 217 cm³/mol. The number of rotatable bonds is 5. The second-order valence-electron chi connectivity index (χ2n) is 16.3. The van der Waals surface area contributed by atoms with E-state index >= 15 is 0 Å². The molecular weight excluding hydrogens is 773 g/mol. The van der Waals surface area contributed by atoms with Crippen LogP contribution in [0.1, 0.15) is 67.4 Å². The summed E-state index contributed by atoms with van der Waals surface area (Å²) >= 11 is 1.59. The summed E-state index contributed by atoms with van der Waals surface area (Å²) in [7, 11) is 5.10. The van der Waals surface area contributed by atoms with Crippen LogP contribution in [0.15, 0.2) is 48.5 Å². The van der Waals surface area contributed by atoms with E-state index in [4.69, 9.17) is 28.4 Å². The minimum absolute atomic E-state index is 0.00310. The molecule has 14 heteroatoms. The van der Waals surface area contributed by atoms with E-state index in [0.29, 0.717) is 47.9 Å². The number of aromatic hydroxyl groups is 2. The number of ether oxygens (including phenoxy) is 6. The van der Waals surface area contributed by atoms with Crippen LogP contribution in [0, 0.1) is 25.2 Å². The molecule has 13 nitrogen and oxygen atoms in total. The third-order valence-electron chi connectivity index (χ3n) is 13.4. The maximum absolute atomic E-state index is 14.9. The maximum atomic E-state index is 14.9. The van der Waals surface area contributed by atoms with Crippen molar-refractivity contribution in [1.82, 2.24) is 15.1 Å². The number of nitriles is 1. The number of methoxy groups -OCH3 is 2. The molecule has 1 spiro atoms. The summed E-state index contributed by atoms with van der Waals surface area (Å²) < 4.78 is 37.5. The number of aryl methyl sites for hydroxylation is 1. The molecule has 0 aliphatic carbocycles. The molecule has 2 fully saturated rings. The van der Waals surface area contributed by atoms with Gasteiger partial charge in [0.25, 0.3) is 0 Å². The standard InChI is InChI=1S/C45H46N4O9S/c1-22-13-26-14-28-29(17-46)49-30-19-56-44(52)45(27-16-32(53-4)31(50)15-25(27)11-12-47-45)20-59-43(37(49)36(48(28)3)33(26)38(51)39(22)54-5)35-34(30)42-41(57-21-58-42)23(2)40(35)55-18-24-9-7-6-8-10-24/h6-10,13,15-16,28-30,36-37,43,47,50-51H,11-12,14,18-21H2,1-5H3/t28-,29-,30+,36+,37?,43+,45+/m0/s1. The number of likely N-dealkylation sites (N-methyl/N-ethyl adjacent to an activating group) is 1. The van der Waals surface area contributed by atoms with Crippen molar-refractivity contribution >= 4 is 17.7 Å². The zero-order chi connectivity index (χ0) is 40.9. The molecule has 7 heterocycles. The lowest BCUT2D eigenvalue weighted by atomic mass is 9.71. The number of piperazine rings is 1. The number of fused-ring (bicyclic) bond motifs is 9. The zero-order valence-electron chi connectivity index (χ0n) is 33.5. The van der Waals surface area contributed by atoms with Crippen LogP contribution < -0.4 is 29.0 Å². The van der Waals surface area contributed by atoms with E-state index < -0.39 is 40.9 Å². The van der Waals surface area contributed by atoms with Gasteiger partial charge in [-0.25, -0.2) is 4.79 Å². The highest BCUT2D eigenvalue weighted by Gasteiger charge is 2.61. The fourth-order valence-electron chi connectivity index (χ4n) is 10.8. The Kier molecular flexibility index (Phi) is 9.09. The summed E-state index contributed by atoms with van der Waals surface area (Å²) in [5.74, 6) is 2.31. The third-order valence-corrected chi connectivity index (χ3v) is 14.9. The highest BCUT2D eigenvalue weighted by molar-refractivity contribution is 7.99. The maximum Gasteiger partial charge on any atom is 0.331 e. The van der Waals surface area contributed by atoms with E-state index in [9.17, 15) is 20.3 Å². The number of nitrogens with one attached hydrogen (secondary N) is 1. The van der Waals surface area contributed by atoms with E-state index in [1.54, 1.807) is 31.0 Å². The molecule has 3 N–H and O–H groups in total. The SMILES string of the molecule is COc1cc2c(cc1O)CCN[C@]21CS[C@@H]2c3c(OCc4ccccc4)c(C)c4c(c3[C@@H](COC1=O)N1C2[C@H]2c3c(cc(C)c(OC)c3O)C[C@@H]([C@@H]1C#N)N2C)OCO4. The molecular formula is C45H46N4O9S. The van der Waals surface area contributed by atoms with Gasteiger partial charge >= 0.3 is 5.97 Å². The van der Waals surface area contributed by atoms with Gasteiger partial charge in [0.2, 0.25) is 6.79 Å². The molecule has 11 rings (SSSR count). The number of carbonyl (C=O) groups is 1. The van der Waals surface area contributed by atoms with Crippen molar-refractivity contribution in [3.63, 3.8) is 0 Å². The van der Waals surface area contributed by atoms with Gasteiger partial charge in [0.15, 0.2) is 40.0 Å². The van der Waals surface area contributed by atoms with Crippen molar-refractivity contribution in [1.29, 1.82) is 5.26 Å². The van der Waals surface area contributed by atoms with Gasteiger partial charge in [0, 0.05) is 46.6 Å². The molecule has 0 saturated carbocycles. The predicted octanol–water partition coefficient (Wildman–Crippen LogP) is 5.64. The molecule has 1 unspecified atom stereocenters. The number of phenols is 2. The molecule has 7 aliphatic heterocycles. The molecule has 4 bridgehead atoms. The molecule has 7 atom stereocenters. The van der Waals surface area contributed by atoms with E-state index in [2.05, 4.69) is 27.3 Å². The van der Waals surface area contributed by atoms with Crippen molar-refractivity contribution in [3.8, 4) is 46.3 Å². The number of carbonyl (C=O) groups excluding carboxylic acids is 1. The van der Waals surface area contributed by atoms with Crippen LogP contribution in [0.4, 0.5) is 0 Å². The molecule has 0 amide bonds. The topological polar surface area (TPSA) is 155 Å². The van der Waals surface area contributed by atoms with Gasteiger partial charge in [0.1, 0.15) is 25.0 Å². The van der Waals surface area contributed by atoms with Crippen LogP contribution in [0.2, 0.25) is 0 Å². The van der Waals surface area contributed by atoms with Gasteiger partial charge < -0.3 is 38.6 Å². The smallest absolute Gasteiger partial charge is 0.331 e. The van der Waals surface area contributed by atoms with E-state index in [1.807, 2.05) is 51.2 Å². The Balaban J connectivity index is 1.24. The Labute approximate surface area is 346 Å². The number of thioether (sulfide) groups is 1. The second kappa shape index (κ2) is 14.2. The van der Waals surface area contributed by atoms with Crippen molar-refractivity contribution < 1.29 is 43.4 Å². The summed E-state index contributed by atoms with van der Waals surface area (Å²) in [6.45, 7) is 4.57. The first-order valence-corrected chi connectivity index (χ1v) is 21.0. The quantitative estimate of drug-likeness (QED) is 0.213. The molecule has 0 radical (unpaired) electrons. The number of benzene rings is 4. The van der Waals surface area contributed by atoms with Gasteiger partial charge in [-0.15, -0.1) is 11.8 Å². The molecule has 4 aromatic carbocycles. The van der Waals surface area contributed by atoms with E-state index in [-0.39, 0.29) is 49.0 Å². The van der Waals surface area contributed by atoms with Crippen LogP contribution >= 0.6 is 11.8 Å². The second-order valence-corrected chi connectivity index (χ2v) is 17.4. The Bertz CT molecular complexity index is 2440. The molecule has 0 aromatic heterocycles. The summed E-state index contributed by atoms with van der Waals surface area (Å²) in [5, 5.41) is 37.4. The summed E-state index contributed by atoms with van der Waals surface area (Å²) in [6, 6.07) is 15.8. The van der Waals surface area contributed by atoms with E-state index in [1.165, 1.54) is 7.11 Å². The number of nitrogens with zero attached hydrogens (tertiary/aromatic N) is 3. The molecule has 59 heavy (non-hydrogen) atoms. The van der Waals surface area contributed by atoms with Crippen molar-refractivity contribution in [3.05, 3.63) is 98.6 Å². The van der Waals surface area contributed by atoms with Crippen LogP contribution in [0.25, 0.3) is 0 Å². The van der Waals surface area contributed by atoms with Crippen LogP contribution in [-0.2, 0) is 34.5 Å². The highest BCUT2D eigenvalue weighted by atomic mass is 32.2. The Morgan fingerprint density at radius 3 is 2.56 bits per heavy atom. The van der Waals surface area contributed by atoms with Crippen LogP contribution in [0.3, 0.4) is 0 Å². The Morgan fingerprint density at radius 2 is 1.80 bits per heavy atom. The fraction of sp³-hybridized carbons (Fsp3) is 0.422. The van der Waals surface area contributed by atoms with Crippen molar-refractivity contribution in [2.75, 3.05) is 47.0 Å². The lowest BCUT2D eigenvalue weighted by Gasteiger charge is -2.62. The number of hydrogen-bond acceptors (Lipinski definition) is 14. The fourth-order valence-corrected chi connectivity index (χ4v) is 12.5. The first-order chi connectivity index (χ1) is 28.6. The largest absolute Gasteiger partial charge is 0.504 e. The lowest BCUT2D eigenvalue weighted by molar-refractivity contribution is -0.157. The molecule has 4 aromatic rings. The normalized spacial score (nSPS) is 27.8. The van der Waals surface area contributed by atoms with Crippen molar-refractivity contribution in [2.24, 2.45) is 0 Å². The first kappa shape index (κ1) is 37.9. The number of hydrogen-bond donors (Lipinski definition) is 3. The molecule has 7 aliphatic rings. The van der Waals surface area contributed by atoms with Gasteiger partial charge in [-0.05, 0) is 73.7 Å². The average Bonchev–Trinajstić information content (AvgIpc) is 3.73. The third kappa shape index (κ3) is 5.44. The van der Waals surface area contributed by atoms with Gasteiger partial charge in [-0.2, -0.15) is 5.26 Å². The molecule has 306 valence electrons. The van der Waals surface area contributed by atoms with E-state index in [0.717, 1.165) is 44.5 Å². The summed E-state index contributed by atoms with van der Waals surface area (Å²) in [4.78, 5) is 19.4. The Morgan fingerprint density at radius 1 is 1.00 bits per heavy atom. The van der Waals surface area contributed by atoms with Gasteiger partial charge in [-0.1, -0.05) is 36.4 Å². The van der Waals surface area contributed by atoms with Crippen LogP contribution in [-0.4, -0.2) is 91.1 Å². The number of phenolic OH excluding ortho intramolecular Hbond substituents is 2. The Hall–Kier alpha value is -5.33. The summed E-state index contributed by atoms with van der Waals surface area (Å²) in [5.41, 5.74) is 6.21. The minimum atomic E-state index is -1.32. The minimum Gasteiger partial charge on any atom is -0.504 e. The average molecular weight is 819 g/mol. The molecule has 2 saturated heterocycles. The van der Waals surface area contributed by atoms with Crippen molar-refractivity contribution in [2.45, 2.75) is 74.3 Å². The summed E-state index contributed by atoms with van der Waals surface area (Å²) in [6.07, 6.45) is 1.11. The lowest BCUT2D eigenvalue weighted by Crippen LogP contribution is -2.69. The monoisotopic (exact) mass is 818 g/mol. The van der Waals surface area contributed by atoms with Gasteiger partial charge in [0.05, 0.1) is 37.6 Å².